The number of aliphatic carboxylic acids is 1. The van der Waals surface area contributed by atoms with Gasteiger partial charge in [-0.1, -0.05) is 0 Å². The van der Waals surface area contributed by atoms with Crippen molar-refractivity contribution in [1.82, 2.24) is 0 Å². The average Bonchev–Trinajstić information content (AvgIpc) is 2.23. The van der Waals surface area contributed by atoms with Crippen LogP contribution in [0.25, 0.3) is 0 Å². The first-order valence-electron chi connectivity index (χ1n) is 4.99. The summed E-state index contributed by atoms with van der Waals surface area (Å²) in [5.41, 5.74) is 5.12. The second kappa shape index (κ2) is 5.03. The number of hydrogen-bond acceptors (Lipinski definition) is 2. The van der Waals surface area contributed by atoms with Crippen molar-refractivity contribution in [2.75, 3.05) is 0 Å². The molecule has 0 aliphatic rings. The number of benzene rings is 1. The lowest BCUT2D eigenvalue weighted by molar-refractivity contribution is -0.136. The third-order valence-corrected chi connectivity index (χ3v) is 3.60. The highest BCUT2D eigenvalue weighted by molar-refractivity contribution is 14.1. The SMILES string of the molecule is Cc1c(C)c(C)c(OI)c(CC(=O)O)c1C. The molecule has 0 amide bonds. The maximum Gasteiger partial charge on any atom is 0.307 e. The summed E-state index contributed by atoms with van der Waals surface area (Å²) >= 11 is 1.80. The van der Waals surface area contributed by atoms with Gasteiger partial charge in [0.2, 0.25) is 0 Å². The molecule has 0 radical (unpaired) electrons. The zero-order valence-electron chi connectivity index (χ0n) is 9.85. The van der Waals surface area contributed by atoms with Crippen LogP contribution in [0.2, 0.25) is 0 Å². The van der Waals surface area contributed by atoms with Gasteiger partial charge < -0.3 is 8.17 Å². The topological polar surface area (TPSA) is 46.5 Å². The summed E-state index contributed by atoms with van der Waals surface area (Å²) in [5.74, 6) is -0.135. The predicted molar refractivity (Wildman–Crippen MR) is 71.4 cm³/mol. The van der Waals surface area contributed by atoms with Gasteiger partial charge in [-0.15, -0.1) is 0 Å². The molecule has 0 bridgehead atoms. The fraction of sp³-hybridized carbons (Fsp3) is 0.417. The molecule has 0 atom stereocenters. The Labute approximate surface area is 110 Å². The van der Waals surface area contributed by atoms with E-state index in [1.54, 1.807) is 23.0 Å². The molecule has 1 rings (SSSR count). The van der Waals surface area contributed by atoms with Crippen molar-refractivity contribution in [1.29, 1.82) is 0 Å². The Morgan fingerprint density at radius 2 is 1.62 bits per heavy atom. The summed E-state index contributed by atoms with van der Waals surface area (Å²) in [5, 5.41) is 8.90. The first-order valence-corrected chi connectivity index (χ1v) is 5.87. The van der Waals surface area contributed by atoms with Crippen LogP contribution >= 0.6 is 23.0 Å². The molecule has 0 aliphatic carbocycles. The van der Waals surface area contributed by atoms with Crippen molar-refractivity contribution in [2.24, 2.45) is 0 Å². The second-order valence-corrected chi connectivity index (χ2v) is 4.40. The number of halogens is 1. The highest BCUT2D eigenvalue weighted by Crippen LogP contribution is 2.34. The molecule has 4 heteroatoms. The molecule has 3 nitrogen and oxygen atoms in total. The van der Waals surface area contributed by atoms with Crippen LogP contribution in [0.15, 0.2) is 0 Å². The van der Waals surface area contributed by atoms with Crippen LogP contribution in [-0.2, 0) is 11.2 Å². The highest BCUT2D eigenvalue weighted by Gasteiger charge is 2.18. The van der Waals surface area contributed by atoms with Gasteiger partial charge in [0, 0.05) is 5.56 Å². The highest BCUT2D eigenvalue weighted by atomic mass is 127. The van der Waals surface area contributed by atoms with E-state index in [1.165, 1.54) is 5.56 Å². The standard InChI is InChI=1S/C12H15IO3/c1-6-7(2)9(4)12(16-13)10(8(6)3)5-11(14)15/h5H2,1-4H3,(H,14,15). The zero-order chi connectivity index (χ0) is 12.5. The summed E-state index contributed by atoms with van der Waals surface area (Å²) in [6, 6.07) is 0. The van der Waals surface area contributed by atoms with Crippen molar-refractivity contribution >= 4 is 29.0 Å². The fourth-order valence-corrected chi connectivity index (χ4v) is 2.42. The van der Waals surface area contributed by atoms with E-state index in [0.717, 1.165) is 22.3 Å². The van der Waals surface area contributed by atoms with Gasteiger partial charge in [0.25, 0.3) is 0 Å². The minimum absolute atomic E-state index is 0.00608. The van der Waals surface area contributed by atoms with Gasteiger partial charge in [-0.3, -0.25) is 4.79 Å². The molecular weight excluding hydrogens is 319 g/mol. The quantitative estimate of drug-likeness (QED) is 0.863. The van der Waals surface area contributed by atoms with Gasteiger partial charge in [-0.25, -0.2) is 0 Å². The predicted octanol–water partition coefficient (Wildman–Crippen LogP) is 3.28. The summed E-state index contributed by atoms with van der Waals surface area (Å²) in [6.07, 6.45) is 0.00608. The van der Waals surface area contributed by atoms with Crippen molar-refractivity contribution in [3.05, 3.63) is 27.8 Å². The molecule has 1 N–H and O–H groups in total. The Hall–Kier alpha value is -0.780. The van der Waals surface area contributed by atoms with E-state index in [9.17, 15) is 4.79 Å². The average molecular weight is 334 g/mol. The van der Waals surface area contributed by atoms with E-state index in [-0.39, 0.29) is 6.42 Å². The van der Waals surface area contributed by atoms with Crippen LogP contribution in [0.1, 0.15) is 27.8 Å². The Morgan fingerprint density at radius 3 is 2.06 bits per heavy atom. The van der Waals surface area contributed by atoms with E-state index in [0.29, 0.717) is 5.75 Å². The molecule has 0 aliphatic heterocycles. The van der Waals surface area contributed by atoms with Gasteiger partial charge in [-0.2, -0.15) is 0 Å². The van der Waals surface area contributed by atoms with Crippen molar-refractivity contribution in [3.8, 4) is 5.75 Å². The fourth-order valence-electron chi connectivity index (χ4n) is 1.82. The van der Waals surface area contributed by atoms with Gasteiger partial charge in [-0.05, 0) is 49.9 Å². The number of carboxylic acid groups (broad SMARTS) is 1. The van der Waals surface area contributed by atoms with Gasteiger partial charge >= 0.3 is 5.97 Å². The van der Waals surface area contributed by atoms with Crippen LogP contribution < -0.4 is 3.07 Å². The smallest absolute Gasteiger partial charge is 0.307 e. The first-order chi connectivity index (χ1) is 7.40. The van der Waals surface area contributed by atoms with Crippen LogP contribution in [0.4, 0.5) is 0 Å². The van der Waals surface area contributed by atoms with Crippen LogP contribution in [0.5, 0.6) is 5.75 Å². The minimum atomic E-state index is -0.833. The second-order valence-electron chi connectivity index (χ2n) is 3.96. The van der Waals surface area contributed by atoms with E-state index in [1.807, 2.05) is 27.7 Å². The minimum Gasteiger partial charge on any atom is -0.481 e. The summed E-state index contributed by atoms with van der Waals surface area (Å²) in [4.78, 5) is 10.8. The summed E-state index contributed by atoms with van der Waals surface area (Å²) in [7, 11) is 0. The molecular formula is C12H15IO3. The Morgan fingerprint density at radius 1 is 1.12 bits per heavy atom. The maximum atomic E-state index is 10.8. The lowest BCUT2D eigenvalue weighted by Gasteiger charge is -2.17. The first kappa shape index (κ1) is 13.3. The van der Waals surface area contributed by atoms with Crippen LogP contribution in [0.3, 0.4) is 0 Å². The van der Waals surface area contributed by atoms with Gasteiger partial charge in [0.05, 0.1) is 6.42 Å². The summed E-state index contributed by atoms with van der Waals surface area (Å²) < 4.78 is 5.30. The molecule has 0 spiro atoms. The molecule has 0 aromatic heterocycles. The summed E-state index contributed by atoms with van der Waals surface area (Å²) in [6.45, 7) is 7.95. The molecule has 0 saturated carbocycles. The number of carbonyl (C=O) groups is 1. The molecule has 1 aromatic rings. The van der Waals surface area contributed by atoms with Crippen LogP contribution in [-0.4, -0.2) is 11.1 Å². The monoisotopic (exact) mass is 334 g/mol. The van der Waals surface area contributed by atoms with E-state index in [2.05, 4.69) is 0 Å². The molecule has 0 heterocycles. The Kier molecular flexibility index (Phi) is 4.18. The maximum absolute atomic E-state index is 10.8. The molecule has 0 unspecified atom stereocenters. The number of carboxylic acids is 1. The lowest BCUT2D eigenvalue weighted by atomic mass is 9.92. The molecule has 1 aromatic carbocycles. The third kappa shape index (κ3) is 2.31. The Balaban J connectivity index is 3.50. The normalized spacial score (nSPS) is 10.3. The van der Waals surface area contributed by atoms with Crippen LogP contribution in [0, 0.1) is 27.7 Å². The van der Waals surface area contributed by atoms with Crippen molar-refractivity contribution in [3.63, 3.8) is 0 Å². The van der Waals surface area contributed by atoms with Gasteiger partial charge in [0.15, 0.2) is 23.0 Å². The van der Waals surface area contributed by atoms with E-state index < -0.39 is 5.97 Å². The molecule has 0 fully saturated rings. The van der Waals surface area contributed by atoms with Crippen molar-refractivity contribution in [2.45, 2.75) is 34.1 Å². The van der Waals surface area contributed by atoms with E-state index >= 15 is 0 Å². The molecule has 16 heavy (non-hydrogen) atoms. The zero-order valence-corrected chi connectivity index (χ0v) is 12.0. The van der Waals surface area contributed by atoms with E-state index in [4.69, 9.17) is 8.17 Å². The van der Waals surface area contributed by atoms with Gasteiger partial charge in [0.1, 0.15) is 5.75 Å². The Bertz CT molecular complexity index is 439. The van der Waals surface area contributed by atoms with Crippen molar-refractivity contribution < 1.29 is 13.0 Å². The molecule has 88 valence electrons. The third-order valence-electron chi connectivity index (χ3n) is 3.16. The largest absolute Gasteiger partial charge is 0.481 e. The number of hydrogen-bond donors (Lipinski definition) is 1. The number of rotatable bonds is 3. The lowest BCUT2D eigenvalue weighted by Crippen LogP contribution is -2.07. The molecule has 0 saturated heterocycles.